The largest absolute Gasteiger partial charge is 0.497 e. The Morgan fingerprint density at radius 1 is 1.38 bits per heavy atom. The van der Waals surface area contributed by atoms with Crippen molar-refractivity contribution in [2.45, 2.75) is 37.8 Å². The molecule has 0 aliphatic carbocycles. The van der Waals surface area contributed by atoms with Gasteiger partial charge in [0, 0.05) is 6.54 Å². The molecule has 1 aromatic rings. The van der Waals surface area contributed by atoms with Crippen LogP contribution in [0.3, 0.4) is 0 Å². The lowest BCUT2D eigenvalue weighted by atomic mass is 10.0. The average Bonchev–Trinajstić information content (AvgIpc) is 3.29. The summed E-state index contributed by atoms with van der Waals surface area (Å²) in [7, 11) is 1.69. The first kappa shape index (κ1) is 19.0. The molecular weight excluding hydrogens is 326 g/mol. The zero-order chi connectivity index (χ0) is 16.1. The quantitative estimate of drug-likeness (QED) is 0.822. The number of rotatable bonds is 6. The summed E-state index contributed by atoms with van der Waals surface area (Å²) >= 11 is 0. The number of amides is 1. The number of nitrogens with zero attached hydrogens (tertiary/aromatic N) is 1. The molecule has 2 saturated heterocycles. The normalized spacial score (nSPS) is 22.0. The lowest BCUT2D eigenvalue weighted by Gasteiger charge is -2.29. The highest BCUT2D eigenvalue weighted by molar-refractivity contribution is 5.85. The molecule has 2 N–H and O–H groups in total. The average molecular weight is 354 g/mol. The van der Waals surface area contributed by atoms with Crippen molar-refractivity contribution in [3.63, 3.8) is 0 Å². The minimum absolute atomic E-state index is 0. The molecular formula is C18H28ClN3O2. The van der Waals surface area contributed by atoms with Crippen molar-refractivity contribution < 1.29 is 9.53 Å². The molecule has 6 heteroatoms. The molecule has 3 rings (SSSR count). The van der Waals surface area contributed by atoms with Gasteiger partial charge in [-0.1, -0.05) is 12.1 Å². The molecule has 2 unspecified atom stereocenters. The highest BCUT2D eigenvalue weighted by Gasteiger charge is 2.26. The zero-order valence-electron chi connectivity index (χ0n) is 14.3. The fraction of sp³-hybridized carbons (Fsp3) is 0.611. The number of ether oxygens (including phenoxy) is 1. The van der Waals surface area contributed by atoms with Gasteiger partial charge in [-0.15, -0.1) is 12.4 Å². The molecule has 0 spiro atoms. The summed E-state index contributed by atoms with van der Waals surface area (Å²) in [5, 5.41) is 6.42. The van der Waals surface area contributed by atoms with Crippen LogP contribution in [0.25, 0.3) is 0 Å². The molecule has 0 bridgehead atoms. The third-order valence-electron chi connectivity index (χ3n) is 4.91. The summed E-state index contributed by atoms with van der Waals surface area (Å²) in [6.07, 6.45) is 4.50. The van der Waals surface area contributed by atoms with E-state index in [4.69, 9.17) is 4.74 Å². The maximum atomic E-state index is 12.3. The van der Waals surface area contributed by atoms with Gasteiger partial charge in [0.2, 0.25) is 5.91 Å². The zero-order valence-corrected chi connectivity index (χ0v) is 15.1. The van der Waals surface area contributed by atoms with Crippen LogP contribution in [0, 0.1) is 0 Å². The minimum Gasteiger partial charge on any atom is -0.497 e. The van der Waals surface area contributed by atoms with Gasteiger partial charge in [-0.2, -0.15) is 0 Å². The molecule has 134 valence electrons. The summed E-state index contributed by atoms with van der Waals surface area (Å²) < 4.78 is 5.36. The first-order valence-corrected chi connectivity index (χ1v) is 8.67. The van der Waals surface area contributed by atoms with E-state index in [0.29, 0.717) is 6.54 Å². The van der Waals surface area contributed by atoms with Crippen molar-refractivity contribution in [1.29, 1.82) is 0 Å². The number of carbonyl (C=O) groups is 1. The minimum atomic E-state index is -0.0143. The Kier molecular flexibility index (Phi) is 7.34. The summed E-state index contributed by atoms with van der Waals surface area (Å²) in [4.78, 5) is 14.8. The van der Waals surface area contributed by atoms with E-state index in [2.05, 4.69) is 27.7 Å². The van der Waals surface area contributed by atoms with Crippen LogP contribution in [0.1, 0.15) is 37.3 Å². The van der Waals surface area contributed by atoms with Crippen LogP contribution in [0.2, 0.25) is 0 Å². The Bertz CT molecular complexity index is 529. The summed E-state index contributed by atoms with van der Waals surface area (Å²) in [6.45, 7) is 3.80. The van der Waals surface area contributed by atoms with Crippen LogP contribution < -0.4 is 15.4 Å². The molecule has 24 heavy (non-hydrogen) atoms. The van der Waals surface area contributed by atoms with Gasteiger partial charge in [-0.3, -0.25) is 9.69 Å². The van der Waals surface area contributed by atoms with Gasteiger partial charge in [0.1, 0.15) is 5.75 Å². The van der Waals surface area contributed by atoms with E-state index in [1.54, 1.807) is 7.11 Å². The second-order valence-electron chi connectivity index (χ2n) is 6.43. The molecule has 2 fully saturated rings. The van der Waals surface area contributed by atoms with Crippen molar-refractivity contribution in [1.82, 2.24) is 15.5 Å². The van der Waals surface area contributed by atoms with Crippen molar-refractivity contribution in [2.75, 3.05) is 33.3 Å². The molecule has 0 aromatic heterocycles. The number of likely N-dealkylation sites (tertiary alicyclic amines) is 1. The monoisotopic (exact) mass is 353 g/mol. The summed E-state index contributed by atoms with van der Waals surface area (Å²) in [5.74, 6) is 1.00. The van der Waals surface area contributed by atoms with E-state index >= 15 is 0 Å². The van der Waals surface area contributed by atoms with Gasteiger partial charge in [-0.05, 0) is 63.0 Å². The Balaban J connectivity index is 0.00000208. The van der Waals surface area contributed by atoms with Crippen molar-refractivity contribution in [3.05, 3.63) is 29.8 Å². The third kappa shape index (κ3) is 4.62. The number of hydrogen-bond donors (Lipinski definition) is 2. The van der Waals surface area contributed by atoms with E-state index in [9.17, 15) is 4.79 Å². The smallest absolute Gasteiger partial charge is 0.237 e. The highest BCUT2D eigenvalue weighted by Crippen LogP contribution is 2.27. The first-order valence-electron chi connectivity index (χ1n) is 8.67. The van der Waals surface area contributed by atoms with Crippen LogP contribution in [0.4, 0.5) is 0 Å². The van der Waals surface area contributed by atoms with Crippen molar-refractivity contribution >= 4 is 18.3 Å². The fourth-order valence-corrected chi connectivity index (χ4v) is 3.59. The second-order valence-corrected chi connectivity index (χ2v) is 6.43. The lowest BCUT2D eigenvalue weighted by molar-refractivity contribution is -0.123. The Morgan fingerprint density at radius 2 is 2.17 bits per heavy atom. The number of benzene rings is 1. The molecule has 2 aliphatic rings. The van der Waals surface area contributed by atoms with Crippen LogP contribution in [-0.2, 0) is 4.79 Å². The molecule has 2 aliphatic heterocycles. The van der Waals surface area contributed by atoms with E-state index in [1.165, 1.54) is 18.4 Å². The van der Waals surface area contributed by atoms with Crippen molar-refractivity contribution in [3.8, 4) is 5.75 Å². The number of carbonyl (C=O) groups excluding carboxylic acids is 1. The first-order chi connectivity index (χ1) is 11.3. The van der Waals surface area contributed by atoms with Crippen LogP contribution in [-0.4, -0.2) is 50.1 Å². The van der Waals surface area contributed by atoms with E-state index in [0.717, 1.165) is 38.2 Å². The van der Waals surface area contributed by atoms with Gasteiger partial charge in [0.05, 0.1) is 19.2 Å². The maximum Gasteiger partial charge on any atom is 0.237 e. The predicted molar refractivity (Wildman–Crippen MR) is 97.8 cm³/mol. The van der Waals surface area contributed by atoms with Crippen LogP contribution in [0.15, 0.2) is 24.3 Å². The molecule has 0 saturated carbocycles. The van der Waals surface area contributed by atoms with E-state index in [1.807, 2.05) is 12.1 Å². The topological polar surface area (TPSA) is 53.6 Å². The SMILES string of the molecule is COc1cccc(C(CNC(=O)C2CCCN2)N2CCCC2)c1.Cl. The molecule has 1 aromatic carbocycles. The molecule has 1 amide bonds. The maximum absolute atomic E-state index is 12.3. The van der Waals surface area contributed by atoms with Gasteiger partial charge in [-0.25, -0.2) is 0 Å². The van der Waals surface area contributed by atoms with Gasteiger partial charge >= 0.3 is 0 Å². The number of hydrogen-bond acceptors (Lipinski definition) is 4. The molecule has 5 nitrogen and oxygen atoms in total. The van der Waals surface area contributed by atoms with E-state index < -0.39 is 0 Å². The predicted octanol–water partition coefficient (Wildman–Crippen LogP) is 2.12. The number of methoxy groups -OCH3 is 1. The molecule has 0 radical (unpaired) electrons. The molecule has 2 heterocycles. The standard InChI is InChI=1S/C18H27N3O2.ClH/c1-23-15-7-4-6-14(12-15)17(21-10-2-3-11-21)13-20-18(22)16-8-5-9-19-16;/h4,6-7,12,16-17,19H,2-3,5,8-11,13H2,1H3,(H,20,22);1H. The second kappa shape index (κ2) is 9.25. The number of halogens is 1. The highest BCUT2D eigenvalue weighted by atomic mass is 35.5. The van der Waals surface area contributed by atoms with Crippen LogP contribution >= 0.6 is 12.4 Å². The molecule has 2 atom stereocenters. The Labute approximate surface area is 150 Å². The van der Waals surface area contributed by atoms with Gasteiger partial charge < -0.3 is 15.4 Å². The summed E-state index contributed by atoms with van der Waals surface area (Å²) in [6, 6.07) is 8.41. The Morgan fingerprint density at radius 3 is 2.83 bits per heavy atom. The van der Waals surface area contributed by atoms with Gasteiger partial charge in [0.25, 0.3) is 0 Å². The third-order valence-corrected chi connectivity index (χ3v) is 4.91. The summed E-state index contributed by atoms with van der Waals surface area (Å²) in [5.41, 5.74) is 1.21. The lowest BCUT2D eigenvalue weighted by Crippen LogP contribution is -2.44. The Hall–Kier alpha value is -1.30. The van der Waals surface area contributed by atoms with E-state index in [-0.39, 0.29) is 30.4 Å². The fourth-order valence-electron chi connectivity index (χ4n) is 3.59. The van der Waals surface area contributed by atoms with Crippen LogP contribution in [0.5, 0.6) is 5.75 Å². The van der Waals surface area contributed by atoms with Gasteiger partial charge in [0.15, 0.2) is 0 Å². The van der Waals surface area contributed by atoms with Crippen molar-refractivity contribution in [2.24, 2.45) is 0 Å². The number of nitrogens with one attached hydrogen (secondary N) is 2.